The van der Waals surface area contributed by atoms with Gasteiger partial charge in [-0.05, 0) is 36.1 Å². The molecule has 2 aromatic carbocycles. The molecule has 10 nitrogen and oxygen atoms in total. The number of amides is 2. The van der Waals surface area contributed by atoms with Crippen LogP contribution < -0.4 is 10.6 Å². The first-order valence-corrected chi connectivity index (χ1v) is 14.5. The van der Waals surface area contributed by atoms with Crippen LogP contribution in [0.15, 0.2) is 60.0 Å². The summed E-state index contributed by atoms with van der Waals surface area (Å²) < 4.78 is 12.9. The highest BCUT2D eigenvalue weighted by atomic mass is 32.2. The van der Waals surface area contributed by atoms with Gasteiger partial charge in [-0.25, -0.2) is 4.98 Å². The minimum atomic E-state index is -0.590. The van der Waals surface area contributed by atoms with Crippen molar-refractivity contribution in [3.05, 3.63) is 71.5 Å². The minimum absolute atomic E-state index is 0.00890. The monoisotopic (exact) mass is 567 g/mol. The number of anilines is 1. The maximum absolute atomic E-state index is 12.4. The minimum Gasteiger partial charge on any atom is -0.392 e. The van der Waals surface area contributed by atoms with Crippen LogP contribution in [-0.2, 0) is 25.7 Å². The Morgan fingerprint density at radius 1 is 1.02 bits per heavy atom. The number of nitrogens with zero attached hydrogens (tertiary/aromatic N) is 2. The highest BCUT2D eigenvalue weighted by Gasteiger charge is 2.38. The largest absolute Gasteiger partial charge is 0.392 e. The zero-order valence-corrected chi connectivity index (χ0v) is 23.7. The van der Waals surface area contributed by atoms with E-state index in [-0.39, 0.29) is 36.5 Å². The molecule has 4 atom stereocenters. The average molecular weight is 568 g/mol. The SMILES string of the molecule is CC(=O)NCCCCCC(=O)Nc1ccc(C2OC(CSc3ncn[nH]3)C(C)C(c3ccc(CO)cc3)O2)cc1. The number of benzene rings is 2. The highest BCUT2D eigenvalue weighted by Crippen LogP contribution is 2.42. The second-order valence-electron chi connectivity index (χ2n) is 9.89. The number of hydrogen-bond acceptors (Lipinski definition) is 8. The van der Waals surface area contributed by atoms with E-state index >= 15 is 0 Å². The Hall–Kier alpha value is -3.25. The second-order valence-corrected chi connectivity index (χ2v) is 10.9. The van der Waals surface area contributed by atoms with Crippen molar-refractivity contribution in [2.45, 2.75) is 69.8 Å². The van der Waals surface area contributed by atoms with Crippen LogP contribution in [0.2, 0.25) is 0 Å². The molecule has 0 radical (unpaired) electrons. The smallest absolute Gasteiger partial charge is 0.224 e. The van der Waals surface area contributed by atoms with Gasteiger partial charge in [-0.2, -0.15) is 5.10 Å². The first-order chi connectivity index (χ1) is 19.4. The molecule has 1 fully saturated rings. The number of H-pyrrole nitrogens is 1. The van der Waals surface area contributed by atoms with E-state index in [1.54, 1.807) is 11.8 Å². The topological polar surface area (TPSA) is 138 Å². The number of hydrogen-bond donors (Lipinski definition) is 4. The lowest BCUT2D eigenvalue weighted by Crippen LogP contribution is -2.38. The van der Waals surface area contributed by atoms with Gasteiger partial charge in [0.1, 0.15) is 6.33 Å². The first-order valence-electron chi connectivity index (χ1n) is 13.6. The quantitative estimate of drug-likeness (QED) is 0.175. The van der Waals surface area contributed by atoms with Crippen LogP contribution in [-0.4, -0.2) is 50.5 Å². The number of carbonyl (C=O) groups excluding carboxylic acids is 2. The molecule has 0 aliphatic carbocycles. The second kappa shape index (κ2) is 14.9. The van der Waals surface area contributed by atoms with Gasteiger partial charge in [0.15, 0.2) is 11.4 Å². The summed E-state index contributed by atoms with van der Waals surface area (Å²) in [4.78, 5) is 27.5. The number of aliphatic hydroxyl groups excluding tert-OH is 1. The van der Waals surface area contributed by atoms with Gasteiger partial charge in [-0.1, -0.05) is 61.5 Å². The van der Waals surface area contributed by atoms with Crippen molar-refractivity contribution in [1.29, 1.82) is 0 Å². The van der Waals surface area contributed by atoms with Crippen molar-refractivity contribution in [3.63, 3.8) is 0 Å². The number of thioether (sulfide) groups is 1. The van der Waals surface area contributed by atoms with Crippen molar-refractivity contribution < 1.29 is 24.2 Å². The molecule has 4 unspecified atom stereocenters. The van der Waals surface area contributed by atoms with Crippen LogP contribution in [0.4, 0.5) is 5.69 Å². The molecule has 4 N–H and O–H groups in total. The summed E-state index contributed by atoms with van der Waals surface area (Å²) in [6.45, 7) is 4.24. The van der Waals surface area contributed by atoms with E-state index in [4.69, 9.17) is 9.47 Å². The van der Waals surface area contributed by atoms with Crippen molar-refractivity contribution >= 4 is 29.3 Å². The molecule has 1 aliphatic rings. The lowest BCUT2D eigenvalue weighted by Gasteiger charge is -2.41. The van der Waals surface area contributed by atoms with E-state index < -0.39 is 6.29 Å². The molecule has 0 saturated carbocycles. The van der Waals surface area contributed by atoms with E-state index in [0.717, 1.165) is 41.1 Å². The standard InChI is InChI=1S/C29H37N5O5S/c1-19-25(17-40-29-31-18-32-34-29)38-28(39-27(19)22-9-7-21(16-35)8-10-22)23-11-13-24(14-12-23)33-26(37)6-4-3-5-15-30-20(2)36/h7-14,18-19,25,27-28,35H,3-6,15-17H2,1-2H3,(H,30,36)(H,33,37)(H,31,32,34). The van der Waals surface area contributed by atoms with Crippen LogP contribution in [0.5, 0.6) is 0 Å². The average Bonchev–Trinajstić information content (AvgIpc) is 3.48. The molecule has 1 aromatic heterocycles. The molecule has 0 spiro atoms. The molecule has 2 heterocycles. The Morgan fingerprint density at radius 3 is 2.45 bits per heavy atom. The van der Waals surface area contributed by atoms with Crippen LogP contribution in [0, 0.1) is 5.92 Å². The number of ether oxygens (including phenoxy) is 2. The summed E-state index contributed by atoms with van der Waals surface area (Å²) in [5.74, 6) is 0.652. The summed E-state index contributed by atoms with van der Waals surface area (Å²) in [6, 6.07) is 15.4. The van der Waals surface area contributed by atoms with Gasteiger partial charge in [-0.3, -0.25) is 14.7 Å². The summed E-state index contributed by atoms with van der Waals surface area (Å²) in [7, 11) is 0. The molecule has 1 aliphatic heterocycles. The predicted molar refractivity (Wildman–Crippen MR) is 152 cm³/mol. The summed E-state index contributed by atoms with van der Waals surface area (Å²) in [5, 5.41) is 22.7. The third kappa shape index (κ3) is 8.62. The Bertz CT molecular complexity index is 1210. The Balaban J connectivity index is 1.38. The van der Waals surface area contributed by atoms with Crippen LogP contribution in [0.25, 0.3) is 0 Å². The molecular weight excluding hydrogens is 530 g/mol. The first kappa shape index (κ1) is 29.7. The number of aliphatic hydroxyl groups is 1. The van der Waals surface area contributed by atoms with Crippen molar-refractivity contribution in [2.75, 3.05) is 17.6 Å². The fourth-order valence-electron chi connectivity index (χ4n) is 4.53. The van der Waals surface area contributed by atoms with E-state index in [1.807, 2.05) is 48.5 Å². The van der Waals surface area contributed by atoms with Crippen LogP contribution >= 0.6 is 11.8 Å². The van der Waals surface area contributed by atoms with Gasteiger partial charge in [-0.15, -0.1) is 0 Å². The van der Waals surface area contributed by atoms with Gasteiger partial charge >= 0.3 is 0 Å². The van der Waals surface area contributed by atoms with Gasteiger partial charge in [0.25, 0.3) is 0 Å². The van der Waals surface area contributed by atoms with Gasteiger partial charge in [0.2, 0.25) is 11.8 Å². The zero-order chi connectivity index (χ0) is 28.3. The van der Waals surface area contributed by atoms with Crippen LogP contribution in [0.3, 0.4) is 0 Å². The number of aromatic nitrogens is 3. The summed E-state index contributed by atoms with van der Waals surface area (Å²) >= 11 is 1.55. The third-order valence-electron chi connectivity index (χ3n) is 6.82. The molecule has 2 amide bonds. The maximum Gasteiger partial charge on any atom is 0.224 e. The van der Waals surface area contributed by atoms with E-state index in [0.29, 0.717) is 24.4 Å². The fraction of sp³-hybridized carbons (Fsp3) is 0.448. The number of rotatable bonds is 13. The van der Waals surface area contributed by atoms with Crippen molar-refractivity contribution in [3.8, 4) is 0 Å². The predicted octanol–water partition coefficient (Wildman–Crippen LogP) is 4.52. The number of aromatic amines is 1. The molecule has 3 aromatic rings. The Morgan fingerprint density at radius 2 is 1.77 bits per heavy atom. The van der Waals surface area contributed by atoms with E-state index in [9.17, 15) is 14.7 Å². The third-order valence-corrected chi connectivity index (χ3v) is 7.79. The van der Waals surface area contributed by atoms with Crippen molar-refractivity contribution in [2.24, 2.45) is 5.92 Å². The summed E-state index contributed by atoms with van der Waals surface area (Å²) in [6.07, 6.45) is 3.48. The highest BCUT2D eigenvalue weighted by molar-refractivity contribution is 7.99. The lowest BCUT2D eigenvalue weighted by molar-refractivity contribution is -0.268. The van der Waals surface area contributed by atoms with Gasteiger partial charge in [0, 0.05) is 42.8 Å². The van der Waals surface area contributed by atoms with E-state index in [1.165, 1.54) is 13.3 Å². The molecule has 214 valence electrons. The maximum atomic E-state index is 12.4. The van der Waals surface area contributed by atoms with Crippen molar-refractivity contribution in [1.82, 2.24) is 20.5 Å². The van der Waals surface area contributed by atoms with E-state index in [2.05, 4.69) is 32.7 Å². The Labute approximate surface area is 238 Å². The number of carbonyl (C=O) groups is 2. The molecule has 11 heteroatoms. The molecule has 4 rings (SSSR count). The number of nitrogens with one attached hydrogen (secondary N) is 3. The fourth-order valence-corrected chi connectivity index (χ4v) is 5.48. The van der Waals surface area contributed by atoms with Crippen LogP contribution in [0.1, 0.15) is 68.6 Å². The molecular formula is C29H37N5O5S. The lowest BCUT2D eigenvalue weighted by atomic mass is 9.91. The zero-order valence-electron chi connectivity index (χ0n) is 22.8. The normalized spacial score (nSPS) is 20.7. The molecule has 0 bridgehead atoms. The van der Waals surface area contributed by atoms with Gasteiger partial charge in [0.05, 0.1) is 18.8 Å². The summed E-state index contributed by atoms with van der Waals surface area (Å²) in [5.41, 5.74) is 3.44. The Kier molecular flexibility index (Phi) is 11.1. The molecule has 1 saturated heterocycles. The van der Waals surface area contributed by atoms with Gasteiger partial charge < -0.3 is 25.2 Å². The number of unbranched alkanes of at least 4 members (excludes halogenated alkanes) is 2. The molecule has 40 heavy (non-hydrogen) atoms.